The topological polar surface area (TPSA) is 58.5 Å². The average molecular weight is 506 g/mol. The van der Waals surface area contributed by atoms with E-state index in [9.17, 15) is 4.39 Å². The first-order valence-electron chi connectivity index (χ1n) is 9.00. The predicted octanol–water partition coefficient (Wildman–Crippen LogP) is 4.80. The second-order valence-electron chi connectivity index (χ2n) is 6.32. The van der Waals surface area contributed by atoms with Crippen molar-refractivity contribution in [1.29, 1.82) is 0 Å². The Balaban J connectivity index is 0.00000300. The lowest BCUT2D eigenvalue weighted by atomic mass is 10.1. The Labute approximate surface area is 187 Å². The van der Waals surface area contributed by atoms with Crippen molar-refractivity contribution in [2.45, 2.75) is 20.0 Å². The van der Waals surface area contributed by atoms with E-state index in [1.807, 2.05) is 12.1 Å². The molecule has 0 fully saturated rings. The zero-order chi connectivity index (χ0) is 19.8. The number of halogens is 2. The van der Waals surface area contributed by atoms with Crippen LogP contribution in [-0.2, 0) is 13.1 Å². The van der Waals surface area contributed by atoms with E-state index in [1.165, 1.54) is 17.2 Å². The highest BCUT2D eigenvalue weighted by Crippen LogP contribution is 2.24. The van der Waals surface area contributed by atoms with E-state index >= 15 is 0 Å². The summed E-state index contributed by atoms with van der Waals surface area (Å²) < 4.78 is 19.8. The fraction of sp³-hybridized carbons (Fsp3) is 0.182. The van der Waals surface area contributed by atoms with Gasteiger partial charge in [0, 0.05) is 26.3 Å². The van der Waals surface area contributed by atoms with Gasteiger partial charge in [-0.2, -0.15) is 0 Å². The highest BCUT2D eigenvalue weighted by molar-refractivity contribution is 14.0. The monoisotopic (exact) mass is 506 g/mol. The molecule has 3 aromatic rings. The van der Waals surface area contributed by atoms with Crippen molar-refractivity contribution < 1.29 is 9.13 Å². The van der Waals surface area contributed by atoms with Gasteiger partial charge in [-0.1, -0.05) is 35.9 Å². The minimum absolute atomic E-state index is 0. The summed E-state index contributed by atoms with van der Waals surface area (Å²) in [7, 11) is 1.71. The minimum Gasteiger partial charge on any atom is -0.453 e. The first kappa shape index (κ1) is 22.6. The van der Waals surface area contributed by atoms with Crippen LogP contribution in [0.5, 0.6) is 11.5 Å². The normalized spacial score (nSPS) is 10.8. The van der Waals surface area contributed by atoms with Crippen LogP contribution in [0.3, 0.4) is 0 Å². The Morgan fingerprint density at radius 3 is 2.41 bits per heavy atom. The van der Waals surface area contributed by atoms with E-state index in [2.05, 4.69) is 45.7 Å². The van der Waals surface area contributed by atoms with Crippen molar-refractivity contribution >= 4 is 29.9 Å². The van der Waals surface area contributed by atoms with Crippen LogP contribution >= 0.6 is 24.0 Å². The van der Waals surface area contributed by atoms with Crippen molar-refractivity contribution in [2.75, 3.05) is 7.05 Å². The van der Waals surface area contributed by atoms with Gasteiger partial charge >= 0.3 is 0 Å². The molecular weight excluding hydrogens is 482 g/mol. The summed E-state index contributed by atoms with van der Waals surface area (Å²) in [5.74, 6) is 0.884. The summed E-state index contributed by atoms with van der Waals surface area (Å²) in [4.78, 5) is 8.16. The van der Waals surface area contributed by atoms with Gasteiger partial charge in [-0.15, -0.1) is 24.0 Å². The molecule has 0 saturated carbocycles. The molecule has 3 rings (SSSR count). The van der Waals surface area contributed by atoms with E-state index in [0.717, 1.165) is 5.56 Å². The van der Waals surface area contributed by atoms with Crippen LogP contribution in [-0.4, -0.2) is 18.0 Å². The largest absolute Gasteiger partial charge is 0.453 e. The number of pyridine rings is 1. The second-order valence-corrected chi connectivity index (χ2v) is 6.32. The lowest BCUT2D eigenvalue weighted by Gasteiger charge is -2.13. The molecule has 0 aliphatic carbocycles. The number of aryl methyl sites for hydroxylation is 1. The molecule has 0 atom stereocenters. The number of rotatable bonds is 6. The molecule has 1 heterocycles. The molecule has 0 aliphatic rings. The fourth-order valence-corrected chi connectivity index (χ4v) is 2.69. The van der Waals surface area contributed by atoms with Gasteiger partial charge in [0.25, 0.3) is 0 Å². The third-order valence-corrected chi connectivity index (χ3v) is 4.08. The standard InChI is InChI=1S/C22H23FN4O.HI/c1-16-5-3-6-17(11-16)13-26-22(24-2)27-14-18-8-9-21(20(23)12-18)28-19-7-4-10-25-15-19;/h3-12,15H,13-14H2,1-2H3,(H2,24,26,27);1H. The molecule has 29 heavy (non-hydrogen) atoms. The molecule has 2 N–H and O–H groups in total. The van der Waals surface area contributed by atoms with Crippen LogP contribution in [0.1, 0.15) is 16.7 Å². The Kier molecular flexibility index (Phi) is 8.85. The maximum atomic E-state index is 14.3. The quantitative estimate of drug-likeness (QED) is 0.287. The number of guanidine groups is 1. The number of nitrogens with zero attached hydrogens (tertiary/aromatic N) is 2. The summed E-state index contributed by atoms with van der Waals surface area (Å²) in [6.07, 6.45) is 3.18. The maximum absolute atomic E-state index is 14.3. The SMILES string of the molecule is CN=C(NCc1cccc(C)c1)NCc1ccc(Oc2cccnc2)c(F)c1.I. The molecule has 0 aliphatic heterocycles. The molecule has 2 aromatic carbocycles. The summed E-state index contributed by atoms with van der Waals surface area (Å²) in [6, 6.07) is 16.6. The van der Waals surface area contributed by atoms with E-state index in [-0.39, 0.29) is 29.7 Å². The Morgan fingerprint density at radius 1 is 1.03 bits per heavy atom. The number of ether oxygens (including phenoxy) is 1. The molecule has 152 valence electrons. The highest BCUT2D eigenvalue weighted by Gasteiger charge is 2.07. The summed E-state index contributed by atoms with van der Waals surface area (Å²) in [6.45, 7) is 3.16. The molecule has 1 aromatic heterocycles. The van der Waals surface area contributed by atoms with E-state index in [0.29, 0.717) is 24.8 Å². The van der Waals surface area contributed by atoms with Gasteiger partial charge in [-0.3, -0.25) is 9.98 Å². The van der Waals surface area contributed by atoms with E-state index in [4.69, 9.17) is 4.74 Å². The Hall–Kier alpha value is -2.68. The van der Waals surface area contributed by atoms with Crippen LogP contribution in [0.4, 0.5) is 4.39 Å². The molecule has 0 bridgehead atoms. The summed E-state index contributed by atoms with van der Waals surface area (Å²) in [5.41, 5.74) is 3.17. The number of aliphatic imine (C=N–C) groups is 1. The smallest absolute Gasteiger partial charge is 0.191 e. The van der Waals surface area contributed by atoms with Crippen LogP contribution in [0.25, 0.3) is 0 Å². The molecule has 0 radical (unpaired) electrons. The van der Waals surface area contributed by atoms with Gasteiger partial charge in [0.05, 0.1) is 6.20 Å². The molecule has 0 saturated heterocycles. The van der Waals surface area contributed by atoms with E-state index < -0.39 is 5.82 Å². The molecular formula is C22H24FIN4O. The predicted molar refractivity (Wildman–Crippen MR) is 124 cm³/mol. The highest BCUT2D eigenvalue weighted by atomic mass is 127. The Bertz CT molecular complexity index is 951. The lowest BCUT2D eigenvalue weighted by molar-refractivity contribution is 0.440. The zero-order valence-electron chi connectivity index (χ0n) is 16.4. The molecule has 5 nitrogen and oxygen atoms in total. The number of aromatic nitrogens is 1. The van der Waals surface area contributed by atoms with Crippen molar-refractivity contribution in [3.63, 3.8) is 0 Å². The van der Waals surface area contributed by atoms with Crippen molar-refractivity contribution in [1.82, 2.24) is 15.6 Å². The molecule has 0 unspecified atom stereocenters. The first-order chi connectivity index (χ1) is 13.6. The average Bonchev–Trinajstić information content (AvgIpc) is 2.71. The van der Waals surface area contributed by atoms with Gasteiger partial charge in [0.2, 0.25) is 0 Å². The summed E-state index contributed by atoms with van der Waals surface area (Å²) >= 11 is 0. The van der Waals surface area contributed by atoms with Crippen LogP contribution in [0.2, 0.25) is 0 Å². The summed E-state index contributed by atoms with van der Waals surface area (Å²) in [5, 5.41) is 6.44. The Morgan fingerprint density at radius 2 is 1.79 bits per heavy atom. The van der Waals surface area contributed by atoms with Gasteiger partial charge in [-0.25, -0.2) is 4.39 Å². The third-order valence-electron chi connectivity index (χ3n) is 4.08. The van der Waals surface area contributed by atoms with Gasteiger partial charge < -0.3 is 15.4 Å². The molecule has 7 heteroatoms. The van der Waals surface area contributed by atoms with Crippen LogP contribution < -0.4 is 15.4 Å². The van der Waals surface area contributed by atoms with Gasteiger partial charge in [0.1, 0.15) is 5.75 Å². The lowest BCUT2D eigenvalue weighted by Crippen LogP contribution is -2.36. The molecule has 0 amide bonds. The van der Waals surface area contributed by atoms with Gasteiger partial charge in [-0.05, 0) is 42.3 Å². The van der Waals surface area contributed by atoms with Crippen LogP contribution in [0.15, 0.2) is 72.0 Å². The van der Waals surface area contributed by atoms with Gasteiger partial charge in [0.15, 0.2) is 17.5 Å². The number of hydrogen-bond donors (Lipinski definition) is 2. The van der Waals surface area contributed by atoms with Crippen molar-refractivity contribution in [3.05, 3.63) is 89.5 Å². The zero-order valence-corrected chi connectivity index (χ0v) is 18.7. The third kappa shape index (κ3) is 7.01. The fourth-order valence-electron chi connectivity index (χ4n) is 2.69. The van der Waals surface area contributed by atoms with E-state index in [1.54, 1.807) is 37.6 Å². The first-order valence-corrected chi connectivity index (χ1v) is 9.00. The van der Waals surface area contributed by atoms with Crippen molar-refractivity contribution in [2.24, 2.45) is 4.99 Å². The number of nitrogens with one attached hydrogen (secondary N) is 2. The minimum atomic E-state index is -0.425. The maximum Gasteiger partial charge on any atom is 0.191 e. The van der Waals surface area contributed by atoms with Crippen LogP contribution in [0, 0.1) is 12.7 Å². The number of hydrogen-bond acceptors (Lipinski definition) is 3. The second kappa shape index (κ2) is 11.4. The van der Waals surface area contributed by atoms with Crippen molar-refractivity contribution in [3.8, 4) is 11.5 Å². The number of benzene rings is 2. The molecule has 0 spiro atoms.